The van der Waals surface area contributed by atoms with Crippen LogP contribution in [0.4, 0.5) is 0 Å². The Hall–Kier alpha value is -2.46. The quantitative estimate of drug-likeness (QED) is 0.692. The normalized spacial score (nSPS) is 13.2. The molecule has 4 rings (SSSR count). The Labute approximate surface area is 137 Å². The molecule has 0 aliphatic carbocycles. The molecular formula is C19H17BO2Si. The molecule has 0 saturated carbocycles. The Morgan fingerprint density at radius 1 is 0.609 bits per heavy atom. The molecule has 0 aromatic heterocycles. The first-order chi connectivity index (χ1) is 11.3. The Kier molecular flexibility index (Phi) is 3.47. The molecule has 2 nitrogen and oxygen atoms in total. The predicted molar refractivity (Wildman–Crippen MR) is 97.2 cm³/mol. The van der Waals surface area contributed by atoms with E-state index in [0.29, 0.717) is 0 Å². The van der Waals surface area contributed by atoms with E-state index in [1.165, 1.54) is 10.4 Å². The second-order valence-electron chi connectivity index (χ2n) is 5.95. The molecular weight excluding hydrogens is 299 g/mol. The summed E-state index contributed by atoms with van der Waals surface area (Å²) in [4.78, 5) is 0. The van der Waals surface area contributed by atoms with E-state index in [1.807, 2.05) is 24.3 Å². The second kappa shape index (κ2) is 5.63. The lowest BCUT2D eigenvalue weighted by atomic mass is 10.3. The van der Waals surface area contributed by atoms with Crippen molar-refractivity contribution in [2.24, 2.45) is 0 Å². The molecule has 0 fully saturated rings. The standard InChI is InChI=1S/C19H17BO2Si/c1-23(16-10-4-2-5-11-16,17-12-6-3-7-13-17)20-21-18-14-8-9-15-19(18)22-20/h2-15H,1H3. The molecule has 0 spiro atoms. The van der Waals surface area contributed by atoms with Gasteiger partial charge in [0.15, 0.2) is 7.94 Å². The zero-order valence-electron chi connectivity index (χ0n) is 13.0. The van der Waals surface area contributed by atoms with Gasteiger partial charge in [-0.15, -0.1) is 0 Å². The Balaban J connectivity index is 1.82. The highest BCUT2D eigenvalue weighted by atomic mass is 28.3. The molecule has 3 aromatic rings. The molecule has 4 heteroatoms. The highest BCUT2D eigenvalue weighted by Crippen LogP contribution is 2.34. The summed E-state index contributed by atoms with van der Waals surface area (Å²) < 4.78 is 12.4. The van der Waals surface area contributed by atoms with Crippen LogP contribution in [0.5, 0.6) is 11.5 Å². The summed E-state index contributed by atoms with van der Waals surface area (Å²) in [6, 6.07) is 29.1. The van der Waals surface area contributed by atoms with Gasteiger partial charge in [-0.25, -0.2) is 0 Å². The van der Waals surface area contributed by atoms with Crippen molar-refractivity contribution in [3.05, 3.63) is 84.9 Å². The van der Waals surface area contributed by atoms with Crippen molar-refractivity contribution >= 4 is 25.0 Å². The van der Waals surface area contributed by atoms with E-state index in [0.717, 1.165) is 11.5 Å². The van der Waals surface area contributed by atoms with Gasteiger partial charge in [-0.1, -0.05) is 89.7 Å². The van der Waals surface area contributed by atoms with Crippen molar-refractivity contribution in [1.82, 2.24) is 0 Å². The zero-order chi connectivity index (χ0) is 15.7. The van der Waals surface area contributed by atoms with E-state index in [9.17, 15) is 0 Å². The summed E-state index contributed by atoms with van der Waals surface area (Å²) in [5, 5.41) is 2.62. The molecule has 1 heterocycles. The van der Waals surface area contributed by atoms with Gasteiger partial charge in [-0.3, -0.25) is 0 Å². The number of fused-ring (bicyclic) bond motifs is 1. The van der Waals surface area contributed by atoms with Crippen LogP contribution in [0.3, 0.4) is 0 Å². The van der Waals surface area contributed by atoms with Crippen LogP contribution in [0.2, 0.25) is 6.55 Å². The molecule has 3 aromatic carbocycles. The first-order valence-electron chi connectivity index (χ1n) is 7.82. The van der Waals surface area contributed by atoms with E-state index in [2.05, 4.69) is 67.2 Å². The van der Waals surface area contributed by atoms with Crippen LogP contribution >= 0.6 is 0 Å². The minimum absolute atomic E-state index is 0.260. The fraction of sp³-hybridized carbons (Fsp3) is 0.0526. The van der Waals surface area contributed by atoms with Crippen LogP contribution in [0.25, 0.3) is 0 Å². The summed E-state index contributed by atoms with van der Waals surface area (Å²) in [6.07, 6.45) is 0. The van der Waals surface area contributed by atoms with Crippen molar-refractivity contribution in [2.75, 3.05) is 0 Å². The average Bonchev–Trinajstić information content (AvgIpc) is 3.07. The molecule has 0 saturated heterocycles. The fourth-order valence-electron chi connectivity index (χ4n) is 3.14. The van der Waals surface area contributed by atoms with Crippen LogP contribution < -0.4 is 19.7 Å². The molecule has 0 unspecified atom stereocenters. The third kappa shape index (κ3) is 2.35. The first kappa shape index (κ1) is 14.2. The Morgan fingerprint density at radius 3 is 1.43 bits per heavy atom. The van der Waals surface area contributed by atoms with E-state index in [-0.39, 0.29) is 6.71 Å². The fourth-order valence-corrected chi connectivity index (χ4v) is 6.52. The number of para-hydroxylation sites is 2. The minimum Gasteiger partial charge on any atom is -0.526 e. The number of hydrogen-bond donors (Lipinski definition) is 0. The van der Waals surface area contributed by atoms with Crippen molar-refractivity contribution in [2.45, 2.75) is 6.55 Å². The lowest BCUT2D eigenvalue weighted by Gasteiger charge is -2.28. The van der Waals surface area contributed by atoms with Gasteiger partial charge in [0.25, 0.3) is 0 Å². The molecule has 0 radical (unpaired) electrons. The summed E-state index contributed by atoms with van der Waals surface area (Å²) in [6.45, 7) is 2.05. The minimum atomic E-state index is -2.21. The van der Waals surface area contributed by atoms with Gasteiger partial charge in [0.2, 0.25) is 0 Å². The molecule has 23 heavy (non-hydrogen) atoms. The van der Waals surface area contributed by atoms with Crippen molar-refractivity contribution < 1.29 is 9.31 Å². The van der Waals surface area contributed by atoms with Gasteiger partial charge in [0.05, 0.1) is 0 Å². The third-order valence-electron chi connectivity index (χ3n) is 4.54. The predicted octanol–water partition coefficient (Wildman–Crippen LogP) is 2.92. The average molecular weight is 316 g/mol. The monoisotopic (exact) mass is 316 g/mol. The smallest absolute Gasteiger partial charge is 0.526 e. The lowest BCUT2D eigenvalue weighted by molar-refractivity contribution is 0.525. The van der Waals surface area contributed by atoms with Gasteiger partial charge in [-0.05, 0) is 12.1 Å². The molecule has 0 bridgehead atoms. The molecule has 0 amide bonds. The van der Waals surface area contributed by atoms with Crippen LogP contribution in [0, 0.1) is 0 Å². The first-order valence-corrected chi connectivity index (χ1v) is 10.4. The largest absolute Gasteiger partial charge is 0.572 e. The number of benzene rings is 3. The van der Waals surface area contributed by atoms with Crippen LogP contribution in [0.15, 0.2) is 84.9 Å². The van der Waals surface area contributed by atoms with Crippen LogP contribution in [0.1, 0.15) is 0 Å². The molecule has 0 N–H and O–H groups in total. The molecule has 0 atom stereocenters. The molecule has 1 aliphatic heterocycles. The van der Waals surface area contributed by atoms with Gasteiger partial charge in [-0.2, -0.15) is 0 Å². The van der Waals surface area contributed by atoms with E-state index >= 15 is 0 Å². The van der Waals surface area contributed by atoms with Crippen LogP contribution in [-0.4, -0.2) is 14.7 Å². The zero-order valence-corrected chi connectivity index (χ0v) is 14.0. The highest BCUT2D eigenvalue weighted by Gasteiger charge is 2.53. The van der Waals surface area contributed by atoms with Gasteiger partial charge >= 0.3 is 6.71 Å². The third-order valence-corrected chi connectivity index (χ3v) is 8.78. The maximum absolute atomic E-state index is 6.22. The highest BCUT2D eigenvalue weighted by molar-refractivity contribution is 7.40. The van der Waals surface area contributed by atoms with Crippen molar-refractivity contribution in [3.63, 3.8) is 0 Å². The molecule has 112 valence electrons. The molecule has 1 aliphatic rings. The summed E-state index contributed by atoms with van der Waals surface area (Å²) >= 11 is 0. The van der Waals surface area contributed by atoms with E-state index in [1.54, 1.807) is 0 Å². The van der Waals surface area contributed by atoms with E-state index in [4.69, 9.17) is 9.31 Å². The van der Waals surface area contributed by atoms with Gasteiger partial charge < -0.3 is 9.31 Å². The summed E-state index contributed by atoms with van der Waals surface area (Å²) in [5.41, 5.74) is 0. The maximum atomic E-state index is 6.22. The van der Waals surface area contributed by atoms with Crippen molar-refractivity contribution in [3.8, 4) is 11.5 Å². The van der Waals surface area contributed by atoms with Crippen LogP contribution in [-0.2, 0) is 0 Å². The number of rotatable bonds is 3. The Bertz CT molecular complexity index is 743. The number of hydrogen-bond acceptors (Lipinski definition) is 2. The summed E-state index contributed by atoms with van der Waals surface area (Å²) in [5.74, 6) is 1.67. The summed E-state index contributed by atoms with van der Waals surface area (Å²) in [7, 11) is -2.21. The Morgan fingerprint density at radius 2 is 1.00 bits per heavy atom. The topological polar surface area (TPSA) is 18.5 Å². The van der Waals surface area contributed by atoms with Gasteiger partial charge in [0.1, 0.15) is 11.5 Å². The van der Waals surface area contributed by atoms with E-state index < -0.39 is 7.94 Å². The maximum Gasteiger partial charge on any atom is 0.572 e. The SMILES string of the molecule is C[Si](B1Oc2ccccc2O1)(c1ccccc1)c1ccccc1. The van der Waals surface area contributed by atoms with Gasteiger partial charge in [0, 0.05) is 0 Å². The van der Waals surface area contributed by atoms with Crippen molar-refractivity contribution in [1.29, 1.82) is 0 Å². The second-order valence-corrected chi connectivity index (χ2v) is 9.98. The lowest BCUT2D eigenvalue weighted by Crippen LogP contribution is -2.70.